The molecule has 1 atom stereocenters. The summed E-state index contributed by atoms with van der Waals surface area (Å²) in [6.45, 7) is 1.64. The van der Waals surface area contributed by atoms with Gasteiger partial charge in [-0.05, 0) is 24.6 Å². The summed E-state index contributed by atoms with van der Waals surface area (Å²) >= 11 is 3.46. The van der Waals surface area contributed by atoms with Gasteiger partial charge in [-0.3, -0.25) is 0 Å². The Bertz CT molecular complexity index is 350. The van der Waals surface area contributed by atoms with Crippen molar-refractivity contribution in [1.82, 2.24) is 0 Å². The van der Waals surface area contributed by atoms with Crippen molar-refractivity contribution in [2.45, 2.75) is 12.5 Å². The molecule has 1 saturated heterocycles. The van der Waals surface area contributed by atoms with Crippen molar-refractivity contribution in [3.8, 4) is 0 Å². The van der Waals surface area contributed by atoms with E-state index in [1.165, 1.54) is 0 Å². The molecule has 15 heavy (non-hydrogen) atoms. The Morgan fingerprint density at radius 3 is 3.00 bits per heavy atom. The van der Waals surface area contributed by atoms with Crippen LogP contribution in [0.4, 0.5) is 11.4 Å². The molecule has 0 amide bonds. The van der Waals surface area contributed by atoms with Crippen LogP contribution < -0.4 is 10.6 Å². The fourth-order valence-electron chi connectivity index (χ4n) is 1.85. The van der Waals surface area contributed by atoms with E-state index in [1.54, 1.807) is 0 Å². The number of likely N-dealkylation sites (N-methyl/N-ethyl adjacent to an activating group) is 1. The van der Waals surface area contributed by atoms with Gasteiger partial charge in [-0.15, -0.1) is 0 Å². The number of hydrogen-bond donors (Lipinski definition) is 1. The van der Waals surface area contributed by atoms with Crippen LogP contribution in [0.25, 0.3) is 0 Å². The predicted molar refractivity (Wildman–Crippen MR) is 66.2 cm³/mol. The van der Waals surface area contributed by atoms with Crippen molar-refractivity contribution in [3.63, 3.8) is 0 Å². The molecule has 3 nitrogen and oxygen atoms in total. The summed E-state index contributed by atoms with van der Waals surface area (Å²) in [5.41, 5.74) is 7.84. The van der Waals surface area contributed by atoms with E-state index in [2.05, 4.69) is 27.9 Å². The van der Waals surface area contributed by atoms with Gasteiger partial charge < -0.3 is 15.4 Å². The molecular weight excluding hydrogens is 256 g/mol. The van der Waals surface area contributed by atoms with Crippen LogP contribution in [0.3, 0.4) is 0 Å². The SMILES string of the molecule is CN(c1cc(Br)ccc1N)C1CCOC1. The molecule has 2 rings (SSSR count). The quantitative estimate of drug-likeness (QED) is 0.838. The average molecular weight is 271 g/mol. The molecule has 1 aromatic carbocycles. The minimum Gasteiger partial charge on any atom is -0.397 e. The molecule has 2 N–H and O–H groups in total. The van der Waals surface area contributed by atoms with Gasteiger partial charge in [0.15, 0.2) is 0 Å². The second-order valence-corrected chi connectivity index (χ2v) is 4.75. The van der Waals surface area contributed by atoms with Gasteiger partial charge in [-0.25, -0.2) is 0 Å². The lowest BCUT2D eigenvalue weighted by Crippen LogP contribution is -2.32. The van der Waals surface area contributed by atoms with Crippen LogP contribution in [-0.2, 0) is 4.74 Å². The van der Waals surface area contributed by atoms with Crippen LogP contribution in [-0.4, -0.2) is 26.3 Å². The number of hydrogen-bond acceptors (Lipinski definition) is 3. The third-order valence-electron chi connectivity index (χ3n) is 2.83. The van der Waals surface area contributed by atoms with Crippen LogP contribution in [0.5, 0.6) is 0 Å². The van der Waals surface area contributed by atoms with Crippen LogP contribution in [0, 0.1) is 0 Å². The van der Waals surface area contributed by atoms with Crippen molar-refractivity contribution in [1.29, 1.82) is 0 Å². The van der Waals surface area contributed by atoms with Gasteiger partial charge in [0.05, 0.1) is 24.0 Å². The summed E-state index contributed by atoms with van der Waals surface area (Å²) in [4.78, 5) is 2.20. The number of rotatable bonds is 2. The average Bonchev–Trinajstić information content (AvgIpc) is 2.74. The zero-order chi connectivity index (χ0) is 10.8. The van der Waals surface area contributed by atoms with Crippen molar-refractivity contribution >= 4 is 27.3 Å². The number of benzene rings is 1. The highest BCUT2D eigenvalue weighted by molar-refractivity contribution is 9.10. The van der Waals surface area contributed by atoms with E-state index in [9.17, 15) is 0 Å². The number of anilines is 2. The minimum atomic E-state index is 0.446. The minimum absolute atomic E-state index is 0.446. The first kappa shape index (κ1) is 10.8. The predicted octanol–water partition coefficient (Wildman–Crippen LogP) is 2.26. The smallest absolute Gasteiger partial charge is 0.0670 e. The third kappa shape index (κ3) is 2.26. The molecule has 0 saturated carbocycles. The first-order valence-electron chi connectivity index (χ1n) is 5.04. The third-order valence-corrected chi connectivity index (χ3v) is 3.32. The zero-order valence-corrected chi connectivity index (χ0v) is 10.3. The molecule has 0 spiro atoms. The van der Waals surface area contributed by atoms with Gasteiger partial charge in [0, 0.05) is 18.1 Å². The molecule has 1 unspecified atom stereocenters. The Kier molecular flexibility index (Phi) is 3.17. The summed E-state index contributed by atoms with van der Waals surface area (Å²) in [7, 11) is 2.07. The molecule has 0 bridgehead atoms. The lowest BCUT2D eigenvalue weighted by atomic mass is 10.2. The molecule has 0 radical (unpaired) electrons. The standard InChI is InChI=1S/C11H15BrN2O/c1-14(9-4-5-15-7-9)11-6-8(12)2-3-10(11)13/h2-3,6,9H,4-5,7,13H2,1H3. The van der Waals surface area contributed by atoms with E-state index >= 15 is 0 Å². The molecule has 1 heterocycles. The van der Waals surface area contributed by atoms with E-state index < -0.39 is 0 Å². The Morgan fingerprint density at radius 2 is 2.33 bits per heavy atom. The molecular formula is C11H15BrN2O. The topological polar surface area (TPSA) is 38.5 Å². The number of nitrogens with zero attached hydrogens (tertiary/aromatic N) is 1. The Hall–Kier alpha value is -0.740. The maximum absolute atomic E-state index is 5.95. The summed E-state index contributed by atoms with van der Waals surface area (Å²) in [6.07, 6.45) is 1.07. The number of ether oxygens (including phenoxy) is 1. The highest BCUT2D eigenvalue weighted by Gasteiger charge is 2.21. The molecule has 1 aromatic rings. The summed E-state index contributed by atoms with van der Waals surface area (Å²) in [5.74, 6) is 0. The van der Waals surface area contributed by atoms with Crippen molar-refractivity contribution in [3.05, 3.63) is 22.7 Å². The van der Waals surface area contributed by atoms with Gasteiger partial charge in [0.1, 0.15) is 0 Å². The molecule has 4 heteroatoms. The zero-order valence-electron chi connectivity index (χ0n) is 8.74. The van der Waals surface area contributed by atoms with Crippen molar-refractivity contribution in [2.24, 2.45) is 0 Å². The second-order valence-electron chi connectivity index (χ2n) is 3.83. The molecule has 1 aliphatic rings. The van der Waals surface area contributed by atoms with Gasteiger partial charge in [0.25, 0.3) is 0 Å². The van der Waals surface area contributed by atoms with E-state index in [-0.39, 0.29) is 0 Å². The summed E-state index contributed by atoms with van der Waals surface area (Å²) in [6, 6.07) is 6.37. The first-order valence-corrected chi connectivity index (χ1v) is 5.83. The van der Waals surface area contributed by atoms with E-state index in [1.807, 2.05) is 18.2 Å². The van der Waals surface area contributed by atoms with Crippen LogP contribution in [0.15, 0.2) is 22.7 Å². The summed E-state index contributed by atoms with van der Waals surface area (Å²) < 4.78 is 6.43. The van der Waals surface area contributed by atoms with Crippen LogP contribution >= 0.6 is 15.9 Å². The van der Waals surface area contributed by atoms with E-state index in [4.69, 9.17) is 10.5 Å². The lowest BCUT2D eigenvalue weighted by Gasteiger charge is -2.26. The monoisotopic (exact) mass is 270 g/mol. The van der Waals surface area contributed by atoms with Gasteiger partial charge in [0.2, 0.25) is 0 Å². The number of nitrogen functional groups attached to an aromatic ring is 1. The van der Waals surface area contributed by atoms with Gasteiger partial charge >= 0.3 is 0 Å². The van der Waals surface area contributed by atoms with Crippen molar-refractivity contribution < 1.29 is 4.74 Å². The maximum Gasteiger partial charge on any atom is 0.0670 e. The number of halogens is 1. The Morgan fingerprint density at radius 1 is 1.53 bits per heavy atom. The van der Waals surface area contributed by atoms with Crippen molar-refractivity contribution in [2.75, 3.05) is 30.9 Å². The summed E-state index contributed by atoms with van der Waals surface area (Å²) in [5, 5.41) is 0. The lowest BCUT2D eigenvalue weighted by molar-refractivity contribution is 0.193. The highest BCUT2D eigenvalue weighted by atomic mass is 79.9. The Labute approximate surface area is 98.3 Å². The largest absolute Gasteiger partial charge is 0.397 e. The normalized spacial score (nSPS) is 20.5. The van der Waals surface area contributed by atoms with E-state index in [0.29, 0.717) is 6.04 Å². The second kappa shape index (κ2) is 4.41. The Balaban J connectivity index is 2.23. The van der Waals surface area contributed by atoms with Crippen LogP contribution in [0.2, 0.25) is 0 Å². The first-order chi connectivity index (χ1) is 7.18. The fraction of sp³-hybridized carbons (Fsp3) is 0.455. The molecule has 1 fully saturated rings. The molecule has 82 valence electrons. The van der Waals surface area contributed by atoms with E-state index in [0.717, 1.165) is 35.5 Å². The maximum atomic E-state index is 5.95. The fourth-order valence-corrected chi connectivity index (χ4v) is 2.20. The molecule has 1 aliphatic heterocycles. The van der Waals surface area contributed by atoms with Crippen LogP contribution in [0.1, 0.15) is 6.42 Å². The van der Waals surface area contributed by atoms with Gasteiger partial charge in [-0.2, -0.15) is 0 Å². The molecule has 0 aliphatic carbocycles. The number of nitrogens with two attached hydrogens (primary N) is 1. The molecule has 0 aromatic heterocycles. The highest BCUT2D eigenvalue weighted by Crippen LogP contribution is 2.29. The van der Waals surface area contributed by atoms with Gasteiger partial charge in [-0.1, -0.05) is 15.9 Å².